The summed E-state index contributed by atoms with van der Waals surface area (Å²) in [5, 5.41) is 3.87. The van der Waals surface area contributed by atoms with Crippen LogP contribution in [0.1, 0.15) is 31.6 Å². The van der Waals surface area contributed by atoms with Gasteiger partial charge in [-0.05, 0) is 12.2 Å². The molecular weight excluding hydrogens is 198 g/mol. The van der Waals surface area contributed by atoms with E-state index in [4.69, 9.17) is 10.3 Å². The van der Waals surface area contributed by atoms with Crippen LogP contribution in [0.2, 0.25) is 0 Å². The molecule has 0 bridgehead atoms. The van der Waals surface area contributed by atoms with Gasteiger partial charge in [0.15, 0.2) is 5.82 Å². The van der Waals surface area contributed by atoms with E-state index < -0.39 is 0 Å². The number of aryl methyl sites for hydroxylation is 1. The molecule has 14 heavy (non-hydrogen) atoms. The highest BCUT2D eigenvalue weighted by atomic mass is 32.2. The normalized spacial score (nSPS) is 13.5. The molecule has 1 atom stereocenters. The zero-order valence-electron chi connectivity index (χ0n) is 8.86. The Morgan fingerprint density at radius 2 is 2.21 bits per heavy atom. The highest BCUT2D eigenvalue weighted by Gasteiger charge is 2.16. The van der Waals surface area contributed by atoms with Gasteiger partial charge in [0.2, 0.25) is 5.89 Å². The standard InChI is InChI=1S/C9H17N3OS/c1-6(2)8(10)9-11-7(13-12-9)4-5-14-3/h6,8H,4-5,10H2,1-3H3. The van der Waals surface area contributed by atoms with Crippen LogP contribution in [0, 0.1) is 5.92 Å². The third kappa shape index (κ3) is 2.99. The van der Waals surface area contributed by atoms with E-state index in [1.165, 1.54) is 0 Å². The average Bonchev–Trinajstić information content (AvgIpc) is 2.61. The van der Waals surface area contributed by atoms with Crippen molar-refractivity contribution in [1.82, 2.24) is 10.1 Å². The summed E-state index contributed by atoms with van der Waals surface area (Å²) in [4.78, 5) is 4.25. The van der Waals surface area contributed by atoms with Gasteiger partial charge in [-0.2, -0.15) is 16.7 Å². The van der Waals surface area contributed by atoms with Gasteiger partial charge in [-0.1, -0.05) is 19.0 Å². The molecule has 1 rings (SSSR count). The number of hydrogen-bond donors (Lipinski definition) is 1. The Kier molecular flexibility index (Phi) is 4.41. The first-order valence-electron chi connectivity index (χ1n) is 4.72. The van der Waals surface area contributed by atoms with Crippen LogP contribution in [-0.4, -0.2) is 22.1 Å². The van der Waals surface area contributed by atoms with Crippen molar-refractivity contribution in [3.8, 4) is 0 Å². The fourth-order valence-electron chi connectivity index (χ4n) is 0.992. The molecule has 1 unspecified atom stereocenters. The van der Waals surface area contributed by atoms with Crippen molar-refractivity contribution in [3.63, 3.8) is 0 Å². The highest BCUT2D eigenvalue weighted by molar-refractivity contribution is 7.98. The summed E-state index contributed by atoms with van der Waals surface area (Å²) in [5.74, 6) is 2.64. The first-order chi connectivity index (χ1) is 6.65. The van der Waals surface area contributed by atoms with Crippen LogP contribution in [0.5, 0.6) is 0 Å². The lowest BCUT2D eigenvalue weighted by Gasteiger charge is -2.09. The zero-order chi connectivity index (χ0) is 10.6. The van der Waals surface area contributed by atoms with Crippen molar-refractivity contribution in [2.24, 2.45) is 11.7 Å². The molecule has 4 nitrogen and oxygen atoms in total. The minimum absolute atomic E-state index is 0.123. The van der Waals surface area contributed by atoms with Gasteiger partial charge in [0.1, 0.15) is 0 Å². The van der Waals surface area contributed by atoms with Gasteiger partial charge in [0.25, 0.3) is 0 Å². The molecular formula is C9H17N3OS. The molecule has 0 saturated carbocycles. The molecule has 0 aliphatic carbocycles. The maximum Gasteiger partial charge on any atom is 0.227 e. The Bertz CT molecular complexity index is 275. The predicted octanol–water partition coefficient (Wildman–Crippen LogP) is 1.63. The van der Waals surface area contributed by atoms with E-state index in [9.17, 15) is 0 Å². The van der Waals surface area contributed by atoms with Crippen LogP contribution >= 0.6 is 11.8 Å². The van der Waals surface area contributed by atoms with Crippen LogP contribution in [-0.2, 0) is 6.42 Å². The van der Waals surface area contributed by atoms with E-state index in [1.54, 1.807) is 11.8 Å². The maximum absolute atomic E-state index is 5.89. The smallest absolute Gasteiger partial charge is 0.227 e. The second kappa shape index (κ2) is 5.36. The van der Waals surface area contributed by atoms with Crippen molar-refractivity contribution in [2.45, 2.75) is 26.3 Å². The lowest BCUT2D eigenvalue weighted by Crippen LogP contribution is -2.18. The Labute approximate surface area is 88.6 Å². The second-order valence-electron chi connectivity index (χ2n) is 3.56. The summed E-state index contributed by atoms with van der Waals surface area (Å²) in [6, 6.07) is -0.123. The minimum Gasteiger partial charge on any atom is -0.339 e. The summed E-state index contributed by atoms with van der Waals surface area (Å²) in [6.07, 6.45) is 2.87. The molecule has 0 aliphatic rings. The summed E-state index contributed by atoms with van der Waals surface area (Å²) in [6.45, 7) is 4.09. The minimum atomic E-state index is -0.123. The quantitative estimate of drug-likeness (QED) is 0.808. The Hall–Kier alpha value is -0.550. The third-order valence-corrected chi connectivity index (χ3v) is 2.63. The summed E-state index contributed by atoms with van der Waals surface area (Å²) in [7, 11) is 0. The molecule has 0 aromatic carbocycles. The van der Waals surface area contributed by atoms with E-state index in [0.29, 0.717) is 17.6 Å². The average molecular weight is 215 g/mol. The first kappa shape index (κ1) is 11.5. The number of thioether (sulfide) groups is 1. The van der Waals surface area contributed by atoms with Gasteiger partial charge < -0.3 is 10.3 Å². The molecule has 2 N–H and O–H groups in total. The van der Waals surface area contributed by atoms with Crippen molar-refractivity contribution in [3.05, 3.63) is 11.7 Å². The predicted molar refractivity (Wildman–Crippen MR) is 58.2 cm³/mol. The van der Waals surface area contributed by atoms with Gasteiger partial charge in [0.05, 0.1) is 6.04 Å². The lowest BCUT2D eigenvalue weighted by molar-refractivity contribution is 0.366. The van der Waals surface area contributed by atoms with E-state index >= 15 is 0 Å². The summed E-state index contributed by atoms with van der Waals surface area (Å²) in [5.41, 5.74) is 5.89. The topological polar surface area (TPSA) is 64.9 Å². The van der Waals surface area contributed by atoms with Gasteiger partial charge in [-0.15, -0.1) is 0 Å². The summed E-state index contributed by atoms with van der Waals surface area (Å²) < 4.78 is 5.08. The van der Waals surface area contributed by atoms with Crippen LogP contribution < -0.4 is 5.73 Å². The number of hydrogen-bond acceptors (Lipinski definition) is 5. The fourth-order valence-corrected chi connectivity index (χ4v) is 1.37. The monoisotopic (exact) mass is 215 g/mol. The van der Waals surface area contributed by atoms with Crippen molar-refractivity contribution in [2.75, 3.05) is 12.0 Å². The maximum atomic E-state index is 5.89. The Morgan fingerprint density at radius 3 is 2.79 bits per heavy atom. The van der Waals surface area contributed by atoms with E-state index in [0.717, 1.165) is 12.2 Å². The van der Waals surface area contributed by atoms with Crippen LogP contribution in [0.4, 0.5) is 0 Å². The van der Waals surface area contributed by atoms with E-state index in [1.807, 2.05) is 13.8 Å². The molecule has 0 spiro atoms. The molecule has 0 aliphatic heterocycles. The first-order valence-corrected chi connectivity index (χ1v) is 6.11. The van der Waals surface area contributed by atoms with Crippen molar-refractivity contribution in [1.29, 1.82) is 0 Å². The van der Waals surface area contributed by atoms with Gasteiger partial charge >= 0.3 is 0 Å². The van der Waals surface area contributed by atoms with Gasteiger partial charge in [-0.25, -0.2) is 0 Å². The van der Waals surface area contributed by atoms with Crippen LogP contribution in [0.3, 0.4) is 0 Å². The molecule has 1 heterocycles. The van der Waals surface area contributed by atoms with E-state index in [2.05, 4.69) is 16.4 Å². The van der Waals surface area contributed by atoms with Gasteiger partial charge in [0, 0.05) is 12.2 Å². The molecule has 0 amide bonds. The molecule has 0 radical (unpaired) electrons. The molecule has 1 aromatic heterocycles. The Balaban J connectivity index is 2.58. The molecule has 0 fully saturated rings. The molecule has 5 heteroatoms. The van der Waals surface area contributed by atoms with Crippen molar-refractivity contribution < 1.29 is 4.52 Å². The second-order valence-corrected chi connectivity index (χ2v) is 4.54. The van der Waals surface area contributed by atoms with Gasteiger partial charge in [-0.3, -0.25) is 0 Å². The number of nitrogens with two attached hydrogens (primary N) is 1. The number of nitrogens with zero attached hydrogens (tertiary/aromatic N) is 2. The van der Waals surface area contributed by atoms with Crippen LogP contribution in [0.25, 0.3) is 0 Å². The van der Waals surface area contributed by atoms with E-state index in [-0.39, 0.29) is 6.04 Å². The van der Waals surface area contributed by atoms with Crippen LogP contribution in [0.15, 0.2) is 4.52 Å². The number of aromatic nitrogens is 2. The third-order valence-electron chi connectivity index (χ3n) is 2.02. The SMILES string of the molecule is CSCCc1nc(C(N)C(C)C)no1. The Morgan fingerprint density at radius 1 is 1.50 bits per heavy atom. The largest absolute Gasteiger partial charge is 0.339 e. The molecule has 1 aromatic rings. The lowest BCUT2D eigenvalue weighted by atomic mass is 10.1. The number of rotatable bonds is 5. The summed E-state index contributed by atoms with van der Waals surface area (Å²) >= 11 is 1.76. The molecule has 80 valence electrons. The highest BCUT2D eigenvalue weighted by Crippen LogP contribution is 2.15. The fraction of sp³-hybridized carbons (Fsp3) is 0.778. The zero-order valence-corrected chi connectivity index (χ0v) is 9.67. The van der Waals surface area contributed by atoms with Crippen molar-refractivity contribution >= 4 is 11.8 Å². The molecule has 0 saturated heterocycles.